The lowest BCUT2D eigenvalue weighted by Gasteiger charge is -2.21. The lowest BCUT2D eigenvalue weighted by Crippen LogP contribution is -2.45. The van der Waals surface area contributed by atoms with Crippen molar-refractivity contribution in [1.82, 2.24) is 15.5 Å². The maximum Gasteiger partial charge on any atom is 0.325 e. The first kappa shape index (κ1) is 22.1. The summed E-state index contributed by atoms with van der Waals surface area (Å²) in [5, 5.41) is 5.47. The van der Waals surface area contributed by atoms with Gasteiger partial charge in [-0.1, -0.05) is 24.3 Å². The molecular weight excluding hydrogens is 398 g/mol. The molecule has 0 radical (unpaired) electrons. The second kappa shape index (κ2) is 9.51. The van der Waals surface area contributed by atoms with Crippen LogP contribution in [0.25, 0.3) is 0 Å². The fourth-order valence-electron chi connectivity index (χ4n) is 3.39. The molecule has 2 aromatic rings. The Morgan fingerprint density at radius 1 is 0.968 bits per heavy atom. The van der Waals surface area contributed by atoms with Crippen LogP contribution in [0, 0.1) is 0 Å². The molecule has 4 amide bonds. The standard InChI is InChI=1S/C23H27N3O5/c1-23(13-12-16-4-8-18(30-2)9-5-16)21(28)26(22(29)25-23)15-20(27)24-14-17-6-10-19(31-3)11-7-17/h4-11H,12-15H2,1-3H3,(H,24,27)(H,25,29)/t23-/m0/s1. The van der Waals surface area contributed by atoms with Gasteiger partial charge in [-0.15, -0.1) is 0 Å². The van der Waals surface area contributed by atoms with Crippen molar-refractivity contribution in [2.45, 2.75) is 31.8 Å². The van der Waals surface area contributed by atoms with Crippen LogP contribution in [0.15, 0.2) is 48.5 Å². The van der Waals surface area contributed by atoms with E-state index in [0.717, 1.165) is 27.5 Å². The lowest BCUT2D eigenvalue weighted by atomic mass is 9.93. The summed E-state index contributed by atoms with van der Waals surface area (Å²) < 4.78 is 10.2. The zero-order valence-corrected chi connectivity index (χ0v) is 17.9. The molecule has 1 atom stereocenters. The molecular formula is C23H27N3O5. The van der Waals surface area contributed by atoms with Crippen molar-refractivity contribution in [2.24, 2.45) is 0 Å². The highest BCUT2D eigenvalue weighted by Gasteiger charge is 2.47. The Hall–Kier alpha value is -3.55. The van der Waals surface area contributed by atoms with Gasteiger partial charge in [0.15, 0.2) is 0 Å². The number of hydrogen-bond acceptors (Lipinski definition) is 5. The van der Waals surface area contributed by atoms with Gasteiger partial charge in [-0.05, 0) is 55.2 Å². The van der Waals surface area contributed by atoms with Crippen LogP contribution in [0.1, 0.15) is 24.5 Å². The maximum atomic E-state index is 12.9. The maximum absolute atomic E-state index is 12.9. The van der Waals surface area contributed by atoms with Crippen LogP contribution in [0.4, 0.5) is 4.79 Å². The fraction of sp³-hybridized carbons (Fsp3) is 0.348. The van der Waals surface area contributed by atoms with E-state index < -0.39 is 23.4 Å². The molecule has 0 aliphatic carbocycles. The average molecular weight is 425 g/mol. The van der Waals surface area contributed by atoms with E-state index in [4.69, 9.17) is 9.47 Å². The van der Waals surface area contributed by atoms with Crippen molar-refractivity contribution >= 4 is 17.8 Å². The first-order valence-electron chi connectivity index (χ1n) is 10.0. The van der Waals surface area contributed by atoms with E-state index in [0.29, 0.717) is 19.4 Å². The van der Waals surface area contributed by atoms with E-state index in [1.165, 1.54) is 0 Å². The quantitative estimate of drug-likeness (QED) is 0.601. The molecule has 1 aliphatic rings. The molecule has 8 heteroatoms. The third-order valence-corrected chi connectivity index (χ3v) is 5.37. The molecule has 8 nitrogen and oxygen atoms in total. The van der Waals surface area contributed by atoms with Crippen LogP contribution in [0.5, 0.6) is 11.5 Å². The monoisotopic (exact) mass is 425 g/mol. The molecule has 0 unspecified atom stereocenters. The predicted octanol–water partition coefficient (Wildman–Crippen LogP) is 2.26. The van der Waals surface area contributed by atoms with Gasteiger partial charge < -0.3 is 20.1 Å². The van der Waals surface area contributed by atoms with E-state index in [1.807, 2.05) is 36.4 Å². The summed E-state index contributed by atoms with van der Waals surface area (Å²) in [6.07, 6.45) is 1.03. The Labute approximate surface area is 181 Å². The number of nitrogens with zero attached hydrogens (tertiary/aromatic N) is 1. The SMILES string of the molecule is COc1ccc(CC[C@]2(C)NC(=O)N(CC(=O)NCc3ccc(OC)cc3)C2=O)cc1. The van der Waals surface area contributed by atoms with Crippen LogP contribution >= 0.6 is 0 Å². The minimum absolute atomic E-state index is 0.293. The Bertz CT molecular complexity index is 943. The largest absolute Gasteiger partial charge is 0.497 e. The summed E-state index contributed by atoms with van der Waals surface area (Å²) in [5.74, 6) is 0.680. The number of benzene rings is 2. The smallest absolute Gasteiger partial charge is 0.325 e. The lowest BCUT2D eigenvalue weighted by molar-refractivity contribution is -0.134. The number of rotatable bonds is 9. The number of imide groups is 1. The van der Waals surface area contributed by atoms with Gasteiger partial charge in [0, 0.05) is 6.54 Å². The van der Waals surface area contributed by atoms with Gasteiger partial charge >= 0.3 is 6.03 Å². The summed E-state index contributed by atoms with van der Waals surface area (Å²) in [6, 6.07) is 14.3. The number of aryl methyl sites for hydroxylation is 1. The molecule has 1 heterocycles. The van der Waals surface area contributed by atoms with Crippen molar-refractivity contribution in [2.75, 3.05) is 20.8 Å². The van der Waals surface area contributed by atoms with Gasteiger partial charge in [0.25, 0.3) is 5.91 Å². The molecule has 164 valence electrons. The van der Waals surface area contributed by atoms with Crippen molar-refractivity contribution in [3.05, 3.63) is 59.7 Å². The fourth-order valence-corrected chi connectivity index (χ4v) is 3.39. The molecule has 1 aliphatic heterocycles. The van der Waals surface area contributed by atoms with Gasteiger partial charge in [0.05, 0.1) is 14.2 Å². The number of methoxy groups -OCH3 is 2. The highest BCUT2D eigenvalue weighted by atomic mass is 16.5. The number of carbonyl (C=O) groups excluding carboxylic acids is 3. The molecule has 31 heavy (non-hydrogen) atoms. The zero-order valence-electron chi connectivity index (χ0n) is 17.9. The zero-order chi connectivity index (χ0) is 22.4. The number of urea groups is 1. The van der Waals surface area contributed by atoms with Crippen molar-refractivity contribution in [3.63, 3.8) is 0 Å². The third-order valence-electron chi connectivity index (χ3n) is 5.37. The third kappa shape index (κ3) is 5.33. The molecule has 1 saturated heterocycles. The second-order valence-corrected chi connectivity index (χ2v) is 7.63. The Morgan fingerprint density at radius 3 is 2.06 bits per heavy atom. The Kier molecular flexibility index (Phi) is 6.79. The average Bonchev–Trinajstić information content (AvgIpc) is 3.00. The van der Waals surface area contributed by atoms with Crippen LogP contribution in [-0.4, -0.2) is 49.0 Å². The number of amides is 4. The van der Waals surface area contributed by atoms with Gasteiger partial charge in [-0.2, -0.15) is 0 Å². The van der Waals surface area contributed by atoms with Crippen LogP contribution in [0.2, 0.25) is 0 Å². The molecule has 3 rings (SSSR count). The minimum atomic E-state index is -1.05. The molecule has 0 spiro atoms. The Balaban J connectivity index is 1.53. The summed E-state index contributed by atoms with van der Waals surface area (Å²) in [5.41, 5.74) is 0.864. The first-order valence-corrected chi connectivity index (χ1v) is 10.0. The highest BCUT2D eigenvalue weighted by molar-refractivity contribution is 6.08. The first-order chi connectivity index (χ1) is 14.8. The molecule has 0 saturated carbocycles. The Morgan fingerprint density at radius 2 is 1.52 bits per heavy atom. The van der Waals surface area contributed by atoms with Crippen LogP contribution in [0.3, 0.4) is 0 Å². The van der Waals surface area contributed by atoms with Crippen molar-refractivity contribution in [1.29, 1.82) is 0 Å². The van der Waals surface area contributed by atoms with E-state index in [9.17, 15) is 14.4 Å². The van der Waals surface area contributed by atoms with E-state index in [-0.39, 0.29) is 6.54 Å². The van der Waals surface area contributed by atoms with E-state index in [1.54, 1.807) is 33.3 Å². The van der Waals surface area contributed by atoms with Gasteiger partial charge in [0.2, 0.25) is 5.91 Å². The minimum Gasteiger partial charge on any atom is -0.497 e. The van der Waals surface area contributed by atoms with Crippen molar-refractivity contribution in [3.8, 4) is 11.5 Å². The van der Waals surface area contributed by atoms with E-state index >= 15 is 0 Å². The summed E-state index contributed by atoms with van der Waals surface area (Å²) in [6.45, 7) is 1.66. The molecule has 0 bridgehead atoms. The summed E-state index contributed by atoms with van der Waals surface area (Å²) in [4.78, 5) is 38.5. The highest BCUT2D eigenvalue weighted by Crippen LogP contribution is 2.24. The van der Waals surface area contributed by atoms with E-state index in [2.05, 4.69) is 10.6 Å². The summed E-state index contributed by atoms with van der Waals surface area (Å²) >= 11 is 0. The predicted molar refractivity (Wildman–Crippen MR) is 115 cm³/mol. The second-order valence-electron chi connectivity index (χ2n) is 7.63. The molecule has 2 N–H and O–H groups in total. The van der Waals surface area contributed by atoms with Gasteiger partial charge in [0.1, 0.15) is 23.6 Å². The number of ether oxygens (including phenoxy) is 2. The number of nitrogens with one attached hydrogen (secondary N) is 2. The van der Waals surface area contributed by atoms with Gasteiger partial charge in [-0.3, -0.25) is 14.5 Å². The molecule has 0 aromatic heterocycles. The summed E-state index contributed by atoms with van der Waals surface area (Å²) in [7, 11) is 3.18. The van der Waals surface area contributed by atoms with Crippen molar-refractivity contribution < 1.29 is 23.9 Å². The normalized spacial score (nSPS) is 18.0. The number of hydrogen-bond donors (Lipinski definition) is 2. The number of carbonyl (C=O) groups is 3. The van der Waals surface area contributed by atoms with Crippen LogP contribution in [-0.2, 0) is 22.6 Å². The van der Waals surface area contributed by atoms with Gasteiger partial charge in [-0.25, -0.2) is 4.79 Å². The van der Waals surface area contributed by atoms with Crippen LogP contribution < -0.4 is 20.1 Å². The molecule has 2 aromatic carbocycles. The molecule has 1 fully saturated rings. The topological polar surface area (TPSA) is 97.0 Å².